The second kappa shape index (κ2) is 5.29. The first-order valence-corrected chi connectivity index (χ1v) is 7.88. The van der Waals surface area contributed by atoms with E-state index in [9.17, 15) is 4.79 Å². The van der Waals surface area contributed by atoms with Crippen LogP contribution in [0.3, 0.4) is 0 Å². The summed E-state index contributed by atoms with van der Waals surface area (Å²) in [6, 6.07) is 2.68. The van der Waals surface area contributed by atoms with E-state index >= 15 is 0 Å². The van der Waals surface area contributed by atoms with Crippen LogP contribution in [-0.4, -0.2) is 34.5 Å². The number of likely N-dealkylation sites (tertiary alicyclic amines) is 1. The molecule has 104 valence electrons. The Balaban J connectivity index is 1.86. The Morgan fingerprint density at radius 2 is 2.16 bits per heavy atom. The minimum Gasteiger partial charge on any atom is -0.339 e. The predicted molar refractivity (Wildman–Crippen MR) is 78.1 cm³/mol. The van der Waals surface area contributed by atoms with Gasteiger partial charge in [-0.1, -0.05) is 0 Å². The summed E-state index contributed by atoms with van der Waals surface area (Å²) in [6.07, 6.45) is 7.70. The number of nitrogens with zero attached hydrogens (tertiary/aromatic N) is 2. The smallest absolute Gasteiger partial charge is 0.270 e. The predicted octanol–water partition coefficient (Wildman–Crippen LogP) is 2.54. The van der Waals surface area contributed by atoms with Crippen molar-refractivity contribution in [3.8, 4) is 0 Å². The molecule has 2 aliphatic rings. The Morgan fingerprint density at radius 1 is 1.37 bits per heavy atom. The van der Waals surface area contributed by atoms with Crippen LogP contribution in [0, 0.1) is 0 Å². The van der Waals surface area contributed by atoms with E-state index in [0.29, 0.717) is 12.6 Å². The zero-order valence-corrected chi connectivity index (χ0v) is 12.6. The quantitative estimate of drug-likeness (QED) is 0.928. The molecule has 1 saturated heterocycles. The zero-order valence-electron chi connectivity index (χ0n) is 11.0. The molecule has 1 saturated carbocycles. The first kappa shape index (κ1) is 13.2. The van der Waals surface area contributed by atoms with Crippen molar-refractivity contribution >= 4 is 21.8 Å². The number of amides is 1. The average Bonchev–Trinajstić information content (AvgIpc) is 3.21. The molecule has 0 aromatic carbocycles. The van der Waals surface area contributed by atoms with Crippen molar-refractivity contribution in [2.24, 2.45) is 5.73 Å². The Hall–Kier alpha value is -0.810. The van der Waals surface area contributed by atoms with Gasteiger partial charge in [-0.15, -0.1) is 0 Å². The molecule has 1 aliphatic carbocycles. The summed E-state index contributed by atoms with van der Waals surface area (Å²) in [7, 11) is 0. The fourth-order valence-corrected chi connectivity index (χ4v) is 3.37. The summed E-state index contributed by atoms with van der Waals surface area (Å²) in [6.45, 7) is 1.41. The van der Waals surface area contributed by atoms with E-state index in [1.54, 1.807) is 0 Å². The van der Waals surface area contributed by atoms with Crippen LogP contribution in [0.25, 0.3) is 0 Å². The van der Waals surface area contributed by atoms with E-state index in [0.717, 1.165) is 29.6 Å². The van der Waals surface area contributed by atoms with E-state index in [-0.39, 0.29) is 11.9 Å². The van der Waals surface area contributed by atoms with Crippen molar-refractivity contribution in [2.45, 2.75) is 44.2 Å². The van der Waals surface area contributed by atoms with Gasteiger partial charge in [0, 0.05) is 35.8 Å². The maximum Gasteiger partial charge on any atom is 0.270 e. The maximum atomic E-state index is 12.8. The molecule has 19 heavy (non-hydrogen) atoms. The summed E-state index contributed by atoms with van der Waals surface area (Å²) in [5.74, 6) is 0.146. The van der Waals surface area contributed by atoms with Gasteiger partial charge in [0.15, 0.2) is 0 Å². The first-order valence-electron chi connectivity index (χ1n) is 7.09. The second-order valence-electron chi connectivity index (χ2n) is 5.57. The monoisotopic (exact) mass is 325 g/mol. The van der Waals surface area contributed by atoms with E-state index in [2.05, 4.69) is 20.5 Å². The number of carbonyl (C=O) groups excluding carboxylic acids is 1. The lowest BCUT2D eigenvalue weighted by molar-refractivity contribution is 0.0612. The largest absolute Gasteiger partial charge is 0.339 e. The van der Waals surface area contributed by atoms with Crippen LogP contribution in [0.1, 0.15) is 48.6 Å². The fourth-order valence-electron chi connectivity index (χ4n) is 2.93. The van der Waals surface area contributed by atoms with Gasteiger partial charge in [-0.05, 0) is 54.1 Å². The number of piperidine rings is 1. The Bertz CT molecular complexity index is 481. The lowest BCUT2D eigenvalue weighted by Gasteiger charge is -2.35. The van der Waals surface area contributed by atoms with Crippen LogP contribution < -0.4 is 5.73 Å². The van der Waals surface area contributed by atoms with Crippen molar-refractivity contribution < 1.29 is 4.79 Å². The normalized spacial score (nSPS) is 23.7. The molecule has 1 aromatic rings. The van der Waals surface area contributed by atoms with Crippen LogP contribution in [0.15, 0.2) is 16.7 Å². The standard InChI is InChI=1S/C14H20BrN3O/c15-10-7-13(18(9-10)11-4-5-11)14(19)17-6-2-1-3-12(17)8-16/h7,9,11-12H,1-6,8,16H2. The van der Waals surface area contributed by atoms with Gasteiger partial charge in [-0.25, -0.2) is 0 Å². The van der Waals surface area contributed by atoms with Gasteiger partial charge in [0.2, 0.25) is 0 Å². The Morgan fingerprint density at radius 3 is 2.84 bits per heavy atom. The fraction of sp³-hybridized carbons (Fsp3) is 0.643. The number of hydrogen-bond acceptors (Lipinski definition) is 2. The van der Waals surface area contributed by atoms with Crippen LogP contribution in [0.4, 0.5) is 0 Å². The molecule has 2 N–H and O–H groups in total. The molecule has 0 radical (unpaired) electrons. The molecule has 3 rings (SSSR count). The molecular weight excluding hydrogens is 306 g/mol. The molecule has 1 aliphatic heterocycles. The van der Waals surface area contributed by atoms with Crippen LogP contribution in [0.5, 0.6) is 0 Å². The van der Waals surface area contributed by atoms with Gasteiger partial charge >= 0.3 is 0 Å². The molecule has 5 heteroatoms. The van der Waals surface area contributed by atoms with E-state index in [1.165, 1.54) is 19.3 Å². The Kier molecular flexibility index (Phi) is 3.67. The second-order valence-corrected chi connectivity index (χ2v) is 6.48. The van der Waals surface area contributed by atoms with Crippen molar-refractivity contribution in [3.05, 3.63) is 22.4 Å². The molecule has 1 amide bonds. The van der Waals surface area contributed by atoms with Crippen LogP contribution in [-0.2, 0) is 0 Å². The summed E-state index contributed by atoms with van der Waals surface area (Å²) in [5, 5.41) is 0. The number of hydrogen-bond donors (Lipinski definition) is 1. The SMILES string of the molecule is NCC1CCCCN1C(=O)c1cc(Br)cn1C1CC1. The van der Waals surface area contributed by atoms with Gasteiger partial charge in [-0.2, -0.15) is 0 Å². The topological polar surface area (TPSA) is 51.3 Å². The van der Waals surface area contributed by atoms with Gasteiger partial charge < -0.3 is 15.2 Å². The molecule has 1 atom stereocenters. The van der Waals surface area contributed by atoms with Crippen molar-refractivity contribution in [1.82, 2.24) is 9.47 Å². The molecule has 1 unspecified atom stereocenters. The molecule has 4 nitrogen and oxygen atoms in total. The minimum absolute atomic E-state index is 0.146. The highest BCUT2D eigenvalue weighted by Gasteiger charge is 2.32. The van der Waals surface area contributed by atoms with Gasteiger partial charge in [0.1, 0.15) is 5.69 Å². The van der Waals surface area contributed by atoms with Crippen LogP contribution in [0.2, 0.25) is 0 Å². The molecular formula is C14H20BrN3O. The number of halogens is 1. The van der Waals surface area contributed by atoms with Gasteiger partial charge in [0.25, 0.3) is 5.91 Å². The van der Waals surface area contributed by atoms with E-state index < -0.39 is 0 Å². The molecule has 0 spiro atoms. The van der Waals surface area contributed by atoms with Crippen LogP contribution >= 0.6 is 15.9 Å². The summed E-state index contributed by atoms with van der Waals surface area (Å²) in [4.78, 5) is 14.7. The first-order chi connectivity index (χ1) is 9.20. The molecule has 0 bridgehead atoms. The van der Waals surface area contributed by atoms with Gasteiger partial charge in [0.05, 0.1) is 0 Å². The van der Waals surface area contributed by atoms with E-state index in [1.807, 2.05) is 17.2 Å². The van der Waals surface area contributed by atoms with Crippen molar-refractivity contribution in [3.63, 3.8) is 0 Å². The lowest BCUT2D eigenvalue weighted by Crippen LogP contribution is -2.47. The highest BCUT2D eigenvalue weighted by molar-refractivity contribution is 9.10. The number of nitrogens with two attached hydrogens (primary N) is 1. The minimum atomic E-state index is 0.146. The van der Waals surface area contributed by atoms with Crippen molar-refractivity contribution in [1.29, 1.82) is 0 Å². The van der Waals surface area contributed by atoms with E-state index in [4.69, 9.17) is 5.73 Å². The highest BCUT2D eigenvalue weighted by Crippen LogP contribution is 2.38. The molecule has 2 heterocycles. The summed E-state index contributed by atoms with van der Waals surface area (Å²) >= 11 is 3.49. The third-order valence-electron chi connectivity index (χ3n) is 4.13. The lowest BCUT2D eigenvalue weighted by atomic mass is 10.0. The van der Waals surface area contributed by atoms with Crippen molar-refractivity contribution in [2.75, 3.05) is 13.1 Å². The highest BCUT2D eigenvalue weighted by atomic mass is 79.9. The number of rotatable bonds is 3. The third kappa shape index (κ3) is 2.58. The summed E-state index contributed by atoms with van der Waals surface area (Å²) < 4.78 is 3.12. The number of aromatic nitrogens is 1. The Labute approximate surface area is 122 Å². The number of carbonyl (C=O) groups is 1. The molecule has 1 aromatic heterocycles. The maximum absolute atomic E-state index is 12.8. The summed E-state index contributed by atoms with van der Waals surface area (Å²) in [5.41, 5.74) is 6.63. The zero-order chi connectivity index (χ0) is 13.4. The van der Waals surface area contributed by atoms with Gasteiger partial charge in [-0.3, -0.25) is 4.79 Å². The third-order valence-corrected chi connectivity index (χ3v) is 4.57. The molecule has 2 fully saturated rings. The average molecular weight is 326 g/mol.